The van der Waals surface area contributed by atoms with Crippen molar-refractivity contribution < 1.29 is 4.74 Å². The zero-order valence-electron chi connectivity index (χ0n) is 7.23. The van der Waals surface area contributed by atoms with Crippen LogP contribution in [-0.2, 0) is 4.74 Å². The molecule has 1 nitrogen and oxygen atoms in total. The summed E-state index contributed by atoms with van der Waals surface area (Å²) in [5.41, 5.74) is 0. The van der Waals surface area contributed by atoms with Gasteiger partial charge >= 0.3 is 0 Å². The predicted molar refractivity (Wildman–Crippen MR) is 45.5 cm³/mol. The Morgan fingerprint density at radius 2 is 1.80 bits per heavy atom. The van der Waals surface area contributed by atoms with Crippen LogP contribution in [0.25, 0.3) is 0 Å². The van der Waals surface area contributed by atoms with Crippen LogP contribution >= 0.6 is 11.6 Å². The summed E-state index contributed by atoms with van der Waals surface area (Å²) in [4.78, 5) is 0. The fourth-order valence-corrected chi connectivity index (χ4v) is 1.41. The third-order valence-electron chi connectivity index (χ3n) is 1.81. The van der Waals surface area contributed by atoms with Gasteiger partial charge in [-0.1, -0.05) is 13.8 Å². The molecule has 0 rings (SSSR count). The minimum atomic E-state index is 0.208. The SMILES string of the molecule is COCC(C(C)C)C(C)Cl. The zero-order chi connectivity index (χ0) is 8.15. The maximum Gasteiger partial charge on any atom is 0.0506 e. The second-order valence-electron chi connectivity index (χ2n) is 3.04. The summed E-state index contributed by atoms with van der Waals surface area (Å²) in [6.45, 7) is 7.12. The maximum absolute atomic E-state index is 5.94. The predicted octanol–water partition coefficient (Wildman–Crippen LogP) is 2.53. The van der Waals surface area contributed by atoms with Gasteiger partial charge in [0, 0.05) is 18.4 Å². The molecular weight excluding hydrogens is 148 g/mol. The van der Waals surface area contributed by atoms with Crippen LogP contribution in [0, 0.1) is 11.8 Å². The lowest BCUT2D eigenvalue weighted by atomic mass is 9.94. The standard InChI is InChI=1S/C8H17ClO/c1-6(2)8(5-10-4)7(3)9/h6-8H,5H2,1-4H3. The molecule has 0 amide bonds. The lowest BCUT2D eigenvalue weighted by molar-refractivity contribution is 0.129. The zero-order valence-corrected chi connectivity index (χ0v) is 7.98. The van der Waals surface area contributed by atoms with Crippen molar-refractivity contribution in [3.05, 3.63) is 0 Å². The van der Waals surface area contributed by atoms with Crippen LogP contribution in [0.1, 0.15) is 20.8 Å². The lowest BCUT2D eigenvalue weighted by Crippen LogP contribution is -2.22. The van der Waals surface area contributed by atoms with E-state index in [9.17, 15) is 0 Å². The molecule has 0 saturated heterocycles. The molecular formula is C8H17ClO. The minimum Gasteiger partial charge on any atom is -0.384 e. The van der Waals surface area contributed by atoms with E-state index in [1.807, 2.05) is 6.92 Å². The van der Waals surface area contributed by atoms with Gasteiger partial charge < -0.3 is 4.74 Å². The second-order valence-corrected chi connectivity index (χ2v) is 3.73. The average Bonchev–Trinajstić information content (AvgIpc) is 1.81. The van der Waals surface area contributed by atoms with Gasteiger partial charge in [0.1, 0.15) is 0 Å². The molecule has 0 N–H and O–H groups in total. The summed E-state index contributed by atoms with van der Waals surface area (Å²) in [6.07, 6.45) is 0. The number of rotatable bonds is 4. The molecule has 0 aromatic carbocycles. The molecule has 10 heavy (non-hydrogen) atoms. The quantitative estimate of drug-likeness (QED) is 0.581. The van der Waals surface area contributed by atoms with E-state index >= 15 is 0 Å². The van der Waals surface area contributed by atoms with Crippen LogP contribution in [0.3, 0.4) is 0 Å². The van der Waals surface area contributed by atoms with E-state index in [4.69, 9.17) is 16.3 Å². The fraction of sp³-hybridized carbons (Fsp3) is 1.00. The molecule has 0 bridgehead atoms. The Bertz CT molecular complexity index is 73.3. The monoisotopic (exact) mass is 164 g/mol. The first-order valence-electron chi connectivity index (χ1n) is 3.72. The third kappa shape index (κ3) is 3.43. The van der Waals surface area contributed by atoms with E-state index in [1.54, 1.807) is 7.11 Å². The van der Waals surface area contributed by atoms with E-state index < -0.39 is 0 Å². The Labute approximate surface area is 68.7 Å². The molecule has 0 saturated carbocycles. The Kier molecular flexibility index (Phi) is 5.10. The Morgan fingerprint density at radius 1 is 1.30 bits per heavy atom. The van der Waals surface area contributed by atoms with Crippen molar-refractivity contribution in [2.75, 3.05) is 13.7 Å². The molecule has 2 unspecified atom stereocenters. The molecule has 2 heteroatoms. The van der Waals surface area contributed by atoms with E-state index in [-0.39, 0.29) is 5.38 Å². The van der Waals surface area contributed by atoms with Gasteiger partial charge in [-0.25, -0.2) is 0 Å². The Hall–Kier alpha value is 0.250. The maximum atomic E-state index is 5.94. The van der Waals surface area contributed by atoms with E-state index in [2.05, 4.69) is 13.8 Å². The average molecular weight is 165 g/mol. The molecule has 0 aliphatic heterocycles. The molecule has 0 aliphatic rings. The summed E-state index contributed by atoms with van der Waals surface area (Å²) in [5, 5.41) is 0.208. The third-order valence-corrected chi connectivity index (χ3v) is 2.13. The normalized spacial score (nSPS) is 17.4. The molecule has 0 aromatic heterocycles. The van der Waals surface area contributed by atoms with Crippen molar-refractivity contribution in [2.24, 2.45) is 11.8 Å². The highest BCUT2D eigenvalue weighted by Crippen LogP contribution is 2.19. The Balaban J connectivity index is 3.73. The van der Waals surface area contributed by atoms with Gasteiger partial charge in [-0.15, -0.1) is 11.6 Å². The van der Waals surface area contributed by atoms with Gasteiger partial charge in [0.2, 0.25) is 0 Å². The van der Waals surface area contributed by atoms with Crippen molar-refractivity contribution >= 4 is 11.6 Å². The van der Waals surface area contributed by atoms with Crippen LogP contribution in [-0.4, -0.2) is 19.1 Å². The van der Waals surface area contributed by atoms with Crippen LogP contribution < -0.4 is 0 Å². The van der Waals surface area contributed by atoms with Crippen LogP contribution in [0.5, 0.6) is 0 Å². The molecule has 62 valence electrons. The first-order chi connectivity index (χ1) is 4.59. The summed E-state index contributed by atoms with van der Waals surface area (Å²) in [6, 6.07) is 0. The highest BCUT2D eigenvalue weighted by Gasteiger charge is 2.18. The molecule has 0 spiro atoms. The smallest absolute Gasteiger partial charge is 0.0506 e. The highest BCUT2D eigenvalue weighted by atomic mass is 35.5. The number of halogens is 1. The van der Waals surface area contributed by atoms with Crippen molar-refractivity contribution in [1.82, 2.24) is 0 Å². The molecule has 0 aliphatic carbocycles. The Morgan fingerprint density at radius 3 is 1.90 bits per heavy atom. The number of methoxy groups -OCH3 is 1. The van der Waals surface area contributed by atoms with Crippen LogP contribution in [0.2, 0.25) is 0 Å². The van der Waals surface area contributed by atoms with Gasteiger partial charge in [-0.2, -0.15) is 0 Å². The number of ether oxygens (including phenoxy) is 1. The van der Waals surface area contributed by atoms with Crippen molar-refractivity contribution in [2.45, 2.75) is 26.1 Å². The number of hydrogen-bond donors (Lipinski definition) is 0. The van der Waals surface area contributed by atoms with Crippen molar-refractivity contribution in [1.29, 1.82) is 0 Å². The number of hydrogen-bond acceptors (Lipinski definition) is 1. The molecule has 0 fully saturated rings. The highest BCUT2D eigenvalue weighted by molar-refractivity contribution is 6.20. The molecule has 0 heterocycles. The summed E-state index contributed by atoms with van der Waals surface area (Å²) >= 11 is 5.94. The first-order valence-corrected chi connectivity index (χ1v) is 4.16. The summed E-state index contributed by atoms with van der Waals surface area (Å²) in [7, 11) is 1.72. The van der Waals surface area contributed by atoms with Gasteiger partial charge in [0.05, 0.1) is 6.61 Å². The second kappa shape index (κ2) is 4.97. The topological polar surface area (TPSA) is 9.23 Å². The number of alkyl halides is 1. The molecule has 2 atom stereocenters. The van der Waals surface area contributed by atoms with Crippen molar-refractivity contribution in [3.8, 4) is 0 Å². The summed E-state index contributed by atoms with van der Waals surface area (Å²) < 4.78 is 5.04. The lowest BCUT2D eigenvalue weighted by Gasteiger charge is -2.21. The first kappa shape index (κ1) is 10.2. The fourth-order valence-electron chi connectivity index (χ4n) is 1.05. The van der Waals surface area contributed by atoms with E-state index in [0.29, 0.717) is 11.8 Å². The van der Waals surface area contributed by atoms with Gasteiger partial charge in [0.25, 0.3) is 0 Å². The largest absolute Gasteiger partial charge is 0.384 e. The van der Waals surface area contributed by atoms with E-state index in [1.165, 1.54) is 0 Å². The minimum absolute atomic E-state index is 0.208. The van der Waals surface area contributed by atoms with Gasteiger partial charge in [-0.3, -0.25) is 0 Å². The van der Waals surface area contributed by atoms with Gasteiger partial charge in [0.15, 0.2) is 0 Å². The molecule has 0 aromatic rings. The van der Waals surface area contributed by atoms with Crippen LogP contribution in [0.4, 0.5) is 0 Å². The van der Waals surface area contributed by atoms with Crippen molar-refractivity contribution in [3.63, 3.8) is 0 Å². The summed E-state index contributed by atoms with van der Waals surface area (Å²) in [5.74, 6) is 1.08. The van der Waals surface area contributed by atoms with Gasteiger partial charge in [-0.05, 0) is 12.8 Å². The van der Waals surface area contributed by atoms with Crippen LogP contribution in [0.15, 0.2) is 0 Å². The van der Waals surface area contributed by atoms with E-state index in [0.717, 1.165) is 6.61 Å². The molecule has 0 radical (unpaired) electrons.